The van der Waals surface area contributed by atoms with Crippen molar-refractivity contribution >= 4 is 58.0 Å². The largest absolute Gasteiger partial charge is 0.288 e. The van der Waals surface area contributed by atoms with E-state index < -0.39 is 51.8 Å². The fourth-order valence-electron chi connectivity index (χ4n) is 6.35. The number of hydrogen-bond donors (Lipinski definition) is 0. The highest BCUT2D eigenvalue weighted by atomic mass is 32.1. The van der Waals surface area contributed by atoms with Crippen molar-refractivity contribution in [3.05, 3.63) is 114 Å². The predicted octanol–water partition coefficient (Wildman–Crippen LogP) is 8.38. The number of hydrogen-bond acceptors (Lipinski definition) is 6. The van der Waals surface area contributed by atoms with Crippen LogP contribution in [0.4, 0.5) is 17.6 Å². The molecule has 2 heterocycles. The van der Waals surface area contributed by atoms with Gasteiger partial charge in [-0.1, -0.05) is 13.8 Å². The van der Waals surface area contributed by atoms with Crippen LogP contribution in [0.1, 0.15) is 89.0 Å². The number of allylic oxidation sites excluding steroid dienone is 2. The normalized spacial score (nSPS) is 16.1. The summed E-state index contributed by atoms with van der Waals surface area (Å²) in [4.78, 5) is 54.9. The van der Waals surface area contributed by atoms with Crippen LogP contribution in [0.3, 0.4) is 0 Å². The van der Waals surface area contributed by atoms with Gasteiger partial charge in [-0.05, 0) is 72.5 Å². The van der Waals surface area contributed by atoms with Gasteiger partial charge in [0, 0.05) is 47.2 Å². The lowest BCUT2D eigenvalue weighted by atomic mass is 9.75. The summed E-state index contributed by atoms with van der Waals surface area (Å²) in [7, 11) is 0. The first kappa shape index (κ1) is 27.5. The van der Waals surface area contributed by atoms with Crippen molar-refractivity contribution in [1.29, 1.82) is 0 Å². The van der Waals surface area contributed by atoms with E-state index in [0.717, 1.165) is 45.1 Å². The third-order valence-electron chi connectivity index (χ3n) is 8.60. The lowest BCUT2D eigenvalue weighted by Crippen LogP contribution is -2.22. The Morgan fingerprint density at radius 1 is 0.558 bits per heavy atom. The van der Waals surface area contributed by atoms with Gasteiger partial charge in [0.05, 0.1) is 11.1 Å². The van der Waals surface area contributed by atoms with E-state index in [1.807, 2.05) is 26.0 Å². The van der Waals surface area contributed by atoms with Crippen LogP contribution in [-0.4, -0.2) is 23.1 Å². The Labute approximate surface area is 250 Å². The minimum atomic E-state index is -1.20. The molecule has 10 heteroatoms. The number of Topliss-reactive ketones (excluding diaryl/α,β-unsaturated/α-hetero) is 4. The van der Waals surface area contributed by atoms with Crippen molar-refractivity contribution in [2.24, 2.45) is 0 Å². The van der Waals surface area contributed by atoms with E-state index in [2.05, 4.69) is 0 Å². The minimum absolute atomic E-state index is 0.166. The Morgan fingerprint density at radius 3 is 1.14 bits per heavy atom. The van der Waals surface area contributed by atoms with Crippen molar-refractivity contribution in [3.8, 4) is 9.75 Å². The molecule has 0 saturated heterocycles. The maximum absolute atomic E-state index is 13.8. The molecule has 0 amide bonds. The highest BCUT2D eigenvalue weighted by molar-refractivity contribution is 7.23. The molecule has 0 saturated carbocycles. The summed E-state index contributed by atoms with van der Waals surface area (Å²) in [5.41, 5.74) is 0.623. The molecule has 0 unspecified atom stereocenters. The first-order valence-electron chi connectivity index (χ1n) is 13.4. The Bertz CT molecular complexity index is 1840. The van der Waals surface area contributed by atoms with Crippen molar-refractivity contribution in [2.45, 2.75) is 32.1 Å². The van der Waals surface area contributed by atoms with E-state index >= 15 is 0 Å². The average Bonchev–Trinajstić information content (AvgIpc) is 3.74. The van der Waals surface area contributed by atoms with Gasteiger partial charge in [-0.3, -0.25) is 19.2 Å². The zero-order valence-electron chi connectivity index (χ0n) is 22.5. The monoisotopic (exact) mass is 618 g/mol. The number of halogens is 4. The summed E-state index contributed by atoms with van der Waals surface area (Å²) in [6.45, 7) is 4.09. The number of thiophene rings is 2. The van der Waals surface area contributed by atoms with Crippen LogP contribution in [0, 0.1) is 23.3 Å². The van der Waals surface area contributed by atoms with E-state index in [1.54, 1.807) is 0 Å². The molecule has 7 rings (SSSR count). The second-order valence-electron chi connectivity index (χ2n) is 10.6. The molecule has 2 aromatic carbocycles. The highest BCUT2D eigenvalue weighted by Crippen LogP contribution is 2.59. The van der Waals surface area contributed by atoms with Gasteiger partial charge in [0.1, 0.15) is 0 Å². The van der Waals surface area contributed by atoms with Gasteiger partial charge in [-0.15, -0.1) is 22.7 Å². The molecule has 2 aromatic heterocycles. The zero-order valence-corrected chi connectivity index (χ0v) is 24.1. The summed E-state index contributed by atoms with van der Waals surface area (Å²) in [5, 5.41) is 0. The van der Waals surface area contributed by atoms with Crippen LogP contribution in [0.25, 0.3) is 21.9 Å². The van der Waals surface area contributed by atoms with E-state index in [-0.39, 0.29) is 33.4 Å². The van der Waals surface area contributed by atoms with Gasteiger partial charge in [-0.25, -0.2) is 17.6 Å². The van der Waals surface area contributed by atoms with Crippen LogP contribution in [-0.2, 0) is 5.41 Å². The number of rotatable bonds is 4. The second kappa shape index (κ2) is 9.36. The SMILES string of the molecule is CCC1(CC)c2cc(C=C3C(=O)c4cc(F)c(F)cc4C3=O)sc2-c2sc(C=C3C(=O)c4cc(F)c(F)cc4C3=O)cc21. The summed E-state index contributed by atoms with van der Waals surface area (Å²) >= 11 is 2.73. The van der Waals surface area contributed by atoms with Crippen molar-refractivity contribution in [1.82, 2.24) is 0 Å². The number of ketones is 4. The maximum Gasteiger partial charge on any atom is 0.197 e. The van der Waals surface area contributed by atoms with Gasteiger partial charge in [-0.2, -0.15) is 0 Å². The fourth-order valence-corrected chi connectivity index (χ4v) is 8.91. The number of benzene rings is 2. The molecule has 4 nitrogen and oxygen atoms in total. The lowest BCUT2D eigenvalue weighted by Gasteiger charge is -2.28. The molecule has 0 fully saturated rings. The molecule has 0 radical (unpaired) electrons. The first-order chi connectivity index (χ1) is 20.5. The molecule has 0 bridgehead atoms. The first-order valence-corrected chi connectivity index (χ1v) is 15.0. The molecule has 4 aromatic rings. The molecule has 43 heavy (non-hydrogen) atoms. The molecular formula is C33H18F4O4S2. The molecule has 0 N–H and O–H groups in total. The van der Waals surface area contributed by atoms with E-state index in [4.69, 9.17) is 0 Å². The molecule has 0 atom stereocenters. The van der Waals surface area contributed by atoms with Gasteiger partial charge < -0.3 is 0 Å². The van der Waals surface area contributed by atoms with Gasteiger partial charge in [0.25, 0.3) is 0 Å². The third-order valence-corrected chi connectivity index (χ3v) is 10.9. The Hall–Kier alpha value is -4.28. The molecule has 3 aliphatic carbocycles. The summed E-state index contributed by atoms with van der Waals surface area (Å²) in [6.07, 6.45) is 4.35. The molecule has 0 aliphatic heterocycles. The summed E-state index contributed by atoms with van der Waals surface area (Å²) < 4.78 is 55.2. The van der Waals surface area contributed by atoms with Crippen LogP contribution < -0.4 is 0 Å². The summed E-state index contributed by atoms with van der Waals surface area (Å²) in [6, 6.07) is 6.85. The van der Waals surface area contributed by atoms with E-state index in [1.165, 1.54) is 34.8 Å². The number of carbonyl (C=O) groups excluding carboxylic acids is 4. The molecule has 3 aliphatic rings. The van der Waals surface area contributed by atoms with Crippen molar-refractivity contribution in [3.63, 3.8) is 0 Å². The Morgan fingerprint density at radius 2 is 0.860 bits per heavy atom. The van der Waals surface area contributed by atoms with Crippen LogP contribution >= 0.6 is 22.7 Å². The molecule has 0 spiro atoms. The third kappa shape index (κ3) is 3.72. The average molecular weight is 619 g/mol. The Balaban J connectivity index is 1.30. The van der Waals surface area contributed by atoms with Crippen molar-refractivity contribution in [2.75, 3.05) is 0 Å². The maximum atomic E-state index is 13.8. The topological polar surface area (TPSA) is 68.3 Å². The predicted molar refractivity (Wildman–Crippen MR) is 155 cm³/mol. The fraction of sp³-hybridized carbons (Fsp3) is 0.152. The van der Waals surface area contributed by atoms with E-state index in [9.17, 15) is 36.7 Å². The quantitative estimate of drug-likeness (QED) is 0.131. The van der Waals surface area contributed by atoms with Crippen molar-refractivity contribution < 1.29 is 36.7 Å². The van der Waals surface area contributed by atoms with Gasteiger partial charge in [0.15, 0.2) is 46.4 Å². The molecule has 214 valence electrons. The highest BCUT2D eigenvalue weighted by Gasteiger charge is 2.44. The number of fused-ring (bicyclic) bond motifs is 5. The Kier molecular flexibility index (Phi) is 6.00. The lowest BCUT2D eigenvalue weighted by molar-refractivity contribution is 0.0975. The van der Waals surface area contributed by atoms with Crippen LogP contribution in [0.5, 0.6) is 0 Å². The van der Waals surface area contributed by atoms with Crippen LogP contribution in [0.15, 0.2) is 47.5 Å². The van der Waals surface area contributed by atoms with E-state index in [0.29, 0.717) is 22.6 Å². The van der Waals surface area contributed by atoms with Gasteiger partial charge in [0.2, 0.25) is 0 Å². The van der Waals surface area contributed by atoms with Gasteiger partial charge >= 0.3 is 0 Å². The minimum Gasteiger partial charge on any atom is -0.288 e. The second-order valence-corrected chi connectivity index (χ2v) is 12.8. The summed E-state index contributed by atoms with van der Waals surface area (Å²) in [5.74, 6) is -7.47. The molecular weight excluding hydrogens is 600 g/mol. The zero-order chi connectivity index (χ0) is 30.5. The van der Waals surface area contributed by atoms with Crippen LogP contribution in [0.2, 0.25) is 0 Å². The standard InChI is InChI=1S/C33H18F4O4S2/c1-3-33(4-2)21-7-13(5-19-27(38)15-9-23(34)24(35)10-16(15)28(19)39)42-31(21)32-22(33)8-14(43-32)6-20-29(40)17-11-25(36)26(37)12-18(17)30(20)41/h5-12H,3-4H2,1-2H3. The number of carbonyl (C=O) groups is 4. The smallest absolute Gasteiger partial charge is 0.197 e.